The number of amides is 1. The molecular weight excluding hydrogens is 358 g/mol. The largest absolute Gasteiger partial charge is 0.486 e. The van der Waals surface area contributed by atoms with Gasteiger partial charge in [-0.2, -0.15) is 0 Å². The van der Waals surface area contributed by atoms with E-state index in [0.29, 0.717) is 19.8 Å². The minimum Gasteiger partial charge on any atom is -0.486 e. The molecule has 0 N–H and O–H groups in total. The highest BCUT2D eigenvalue weighted by Crippen LogP contribution is 2.36. The maximum absolute atomic E-state index is 13.2. The summed E-state index contributed by atoms with van der Waals surface area (Å²) in [7, 11) is 0. The van der Waals surface area contributed by atoms with Gasteiger partial charge in [-0.25, -0.2) is 0 Å². The third-order valence-electron chi connectivity index (χ3n) is 4.43. The van der Waals surface area contributed by atoms with Gasteiger partial charge < -0.3 is 14.4 Å². The van der Waals surface area contributed by atoms with Crippen LogP contribution in [0.2, 0.25) is 0 Å². The molecule has 2 aromatic rings. The Morgan fingerprint density at radius 2 is 1.74 bits per heavy atom. The fourth-order valence-electron chi connectivity index (χ4n) is 2.98. The van der Waals surface area contributed by atoms with Gasteiger partial charge in [0.05, 0.1) is 5.25 Å². The summed E-state index contributed by atoms with van der Waals surface area (Å²) in [6.45, 7) is 9.95. The number of rotatable bonds is 5. The molecule has 0 unspecified atom stereocenters. The number of ether oxygens (including phenoxy) is 2. The number of thioether (sulfide) groups is 1. The molecule has 2 aromatic carbocycles. The summed E-state index contributed by atoms with van der Waals surface area (Å²) in [5, 5.41) is -0.199. The first-order valence-corrected chi connectivity index (χ1v) is 10.1. The van der Waals surface area contributed by atoms with Crippen molar-refractivity contribution in [1.82, 2.24) is 4.90 Å². The molecular formula is C22H27NO3S. The van der Waals surface area contributed by atoms with Crippen molar-refractivity contribution in [2.24, 2.45) is 0 Å². The van der Waals surface area contributed by atoms with Gasteiger partial charge in [-0.1, -0.05) is 30.3 Å². The Bertz CT molecular complexity index is 786. The number of fused-ring (bicyclic) bond motifs is 1. The first-order chi connectivity index (χ1) is 12.8. The predicted molar refractivity (Wildman–Crippen MR) is 109 cm³/mol. The molecule has 1 amide bonds. The summed E-state index contributed by atoms with van der Waals surface area (Å²) in [4.78, 5) is 16.2. The van der Waals surface area contributed by atoms with E-state index in [-0.39, 0.29) is 16.7 Å². The zero-order valence-corrected chi connectivity index (χ0v) is 17.2. The van der Waals surface area contributed by atoms with Crippen LogP contribution in [-0.4, -0.2) is 34.8 Å². The molecule has 1 aliphatic heterocycles. The van der Waals surface area contributed by atoms with Crippen LogP contribution in [0.15, 0.2) is 53.4 Å². The lowest BCUT2D eigenvalue weighted by Gasteiger charge is -2.37. The summed E-state index contributed by atoms with van der Waals surface area (Å²) >= 11 is 1.55. The lowest BCUT2D eigenvalue weighted by molar-refractivity contribution is -0.135. The smallest absolute Gasteiger partial charge is 0.236 e. The molecule has 1 atom stereocenters. The molecule has 0 fully saturated rings. The van der Waals surface area contributed by atoms with E-state index in [1.165, 1.54) is 0 Å². The van der Waals surface area contributed by atoms with Crippen LogP contribution in [0.5, 0.6) is 11.5 Å². The fourth-order valence-corrected chi connectivity index (χ4v) is 3.94. The Hall–Kier alpha value is -2.14. The molecule has 0 aliphatic carbocycles. The molecule has 0 radical (unpaired) electrons. The van der Waals surface area contributed by atoms with Crippen LogP contribution < -0.4 is 9.47 Å². The topological polar surface area (TPSA) is 38.8 Å². The van der Waals surface area contributed by atoms with Gasteiger partial charge >= 0.3 is 0 Å². The van der Waals surface area contributed by atoms with E-state index in [9.17, 15) is 4.79 Å². The first kappa shape index (κ1) is 19.6. The average molecular weight is 386 g/mol. The van der Waals surface area contributed by atoms with E-state index in [1.807, 2.05) is 48.2 Å². The van der Waals surface area contributed by atoms with E-state index in [4.69, 9.17) is 9.47 Å². The summed E-state index contributed by atoms with van der Waals surface area (Å²) in [6.07, 6.45) is 0. The molecule has 3 rings (SSSR count). The lowest BCUT2D eigenvalue weighted by atomic mass is 10.0. The second-order valence-corrected chi connectivity index (χ2v) is 9.06. The number of hydrogen-bond donors (Lipinski definition) is 0. The van der Waals surface area contributed by atoms with E-state index in [0.717, 1.165) is 22.0 Å². The molecule has 0 spiro atoms. The van der Waals surface area contributed by atoms with Crippen molar-refractivity contribution < 1.29 is 14.3 Å². The van der Waals surface area contributed by atoms with Crippen molar-refractivity contribution in [2.75, 3.05) is 13.2 Å². The van der Waals surface area contributed by atoms with Crippen LogP contribution in [0.4, 0.5) is 0 Å². The predicted octanol–water partition coefficient (Wildman–Crippen LogP) is 4.77. The van der Waals surface area contributed by atoms with E-state index < -0.39 is 0 Å². The number of nitrogens with zero attached hydrogens (tertiary/aromatic N) is 1. The van der Waals surface area contributed by atoms with Crippen LogP contribution >= 0.6 is 11.8 Å². The summed E-state index contributed by atoms with van der Waals surface area (Å²) in [5.41, 5.74) is 0.881. The highest BCUT2D eigenvalue weighted by molar-refractivity contribution is 8.00. The number of benzene rings is 2. The summed E-state index contributed by atoms with van der Waals surface area (Å²) in [5.74, 6) is 1.65. The van der Waals surface area contributed by atoms with Gasteiger partial charge in [0.1, 0.15) is 13.2 Å². The third-order valence-corrected chi connectivity index (χ3v) is 5.51. The Morgan fingerprint density at radius 1 is 1.07 bits per heavy atom. The minimum absolute atomic E-state index is 0.131. The van der Waals surface area contributed by atoms with Crippen LogP contribution in [-0.2, 0) is 11.3 Å². The van der Waals surface area contributed by atoms with Crippen molar-refractivity contribution in [3.05, 3.63) is 54.1 Å². The quantitative estimate of drug-likeness (QED) is 0.695. The standard InChI is InChI=1S/C22H27NO3S/c1-16(27-18-10-11-19-20(14-18)26-13-12-25-19)21(24)23(22(2,3)4)15-17-8-6-5-7-9-17/h5-11,14,16H,12-13,15H2,1-4H3/t16-/m1/s1. The molecule has 27 heavy (non-hydrogen) atoms. The van der Waals surface area contributed by atoms with Crippen LogP contribution in [0.1, 0.15) is 33.3 Å². The van der Waals surface area contributed by atoms with Gasteiger partial charge in [0.25, 0.3) is 0 Å². The number of carbonyl (C=O) groups excluding carboxylic acids is 1. The van der Waals surface area contributed by atoms with E-state index in [1.54, 1.807) is 11.8 Å². The molecule has 5 heteroatoms. The fraction of sp³-hybridized carbons (Fsp3) is 0.409. The molecule has 1 aliphatic rings. The summed E-state index contributed by atoms with van der Waals surface area (Å²) < 4.78 is 11.2. The molecule has 0 bridgehead atoms. The molecule has 144 valence electrons. The Labute approximate surface area is 165 Å². The highest BCUT2D eigenvalue weighted by Gasteiger charge is 2.30. The van der Waals surface area contributed by atoms with E-state index >= 15 is 0 Å². The summed E-state index contributed by atoms with van der Waals surface area (Å²) in [6, 6.07) is 16.0. The zero-order valence-electron chi connectivity index (χ0n) is 16.4. The van der Waals surface area contributed by atoms with Gasteiger partial charge in [0, 0.05) is 17.0 Å². The second-order valence-electron chi connectivity index (χ2n) is 7.65. The third kappa shape index (κ3) is 4.98. The van der Waals surface area contributed by atoms with Gasteiger partial charge in [-0.3, -0.25) is 4.79 Å². The van der Waals surface area contributed by atoms with Crippen LogP contribution in [0, 0.1) is 0 Å². The van der Waals surface area contributed by atoms with E-state index in [2.05, 4.69) is 32.9 Å². The minimum atomic E-state index is -0.255. The van der Waals surface area contributed by atoms with Crippen molar-refractivity contribution in [2.45, 2.75) is 49.9 Å². The monoisotopic (exact) mass is 385 g/mol. The van der Waals surface area contributed by atoms with Crippen molar-refractivity contribution in [1.29, 1.82) is 0 Å². The molecule has 0 saturated heterocycles. The van der Waals surface area contributed by atoms with Crippen molar-refractivity contribution in [3.8, 4) is 11.5 Å². The first-order valence-electron chi connectivity index (χ1n) is 9.26. The van der Waals surface area contributed by atoms with Crippen LogP contribution in [0.25, 0.3) is 0 Å². The average Bonchev–Trinajstić information content (AvgIpc) is 2.65. The highest BCUT2D eigenvalue weighted by atomic mass is 32.2. The molecule has 0 aromatic heterocycles. The van der Waals surface area contributed by atoms with Gasteiger partial charge in [-0.15, -0.1) is 11.8 Å². The SMILES string of the molecule is C[C@@H](Sc1ccc2c(c1)OCCO2)C(=O)N(Cc1ccccc1)C(C)(C)C. The zero-order chi connectivity index (χ0) is 19.4. The van der Waals surface area contributed by atoms with Crippen molar-refractivity contribution >= 4 is 17.7 Å². The van der Waals surface area contributed by atoms with Gasteiger partial charge in [0.15, 0.2) is 11.5 Å². The Morgan fingerprint density at radius 3 is 2.41 bits per heavy atom. The molecule has 4 nitrogen and oxygen atoms in total. The maximum atomic E-state index is 13.2. The molecule has 1 heterocycles. The normalized spacial score (nSPS) is 14.5. The second kappa shape index (κ2) is 8.26. The Balaban J connectivity index is 1.73. The van der Waals surface area contributed by atoms with Gasteiger partial charge in [-0.05, 0) is 51.5 Å². The number of hydrogen-bond acceptors (Lipinski definition) is 4. The Kier molecular flexibility index (Phi) is 6.00. The number of carbonyl (C=O) groups is 1. The maximum Gasteiger partial charge on any atom is 0.236 e. The van der Waals surface area contributed by atoms with Crippen LogP contribution in [0.3, 0.4) is 0 Å². The van der Waals surface area contributed by atoms with Crippen molar-refractivity contribution in [3.63, 3.8) is 0 Å². The lowest BCUT2D eigenvalue weighted by Crippen LogP contribution is -2.48. The van der Waals surface area contributed by atoms with Gasteiger partial charge in [0.2, 0.25) is 5.91 Å². The molecule has 0 saturated carbocycles.